The molecule has 1 aromatic rings. The molecule has 2 nitrogen and oxygen atoms in total. The van der Waals surface area contributed by atoms with E-state index in [9.17, 15) is 10.2 Å². The lowest BCUT2D eigenvalue weighted by Crippen LogP contribution is -2.05. The molecular formula is C22H36O2. The first-order valence-electron chi connectivity index (χ1n) is 9.72. The van der Waals surface area contributed by atoms with Crippen LogP contribution >= 0.6 is 0 Å². The highest BCUT2D eigenvalue weighted by molar-refractivity contribution is 5.45. The van der Waals surface area contributed by atoms with Crippen LogP contribution in [0.1, 0.15) is 90.2 Å². The number of unbranched alkanes of at least 4 members (excludes halogenated alkanes) is 2. The van der Waals surface area contributed by atoms with Gasteiger partial charge in [0.15, 0.2) is 0 Å². The third-order valence-corrected chi connectivity index (χ3v) is 5.49. The van der Waals surface area contributed by atoms with Crippen molar-refractivity contribution in [3.05, 3.63) is 23.3 Å². The lowest BCUT2D eigenvalue weighted by molar-refractivity contribution is 0.360. The van der Waals surface area contributed by atoms with Crippen LogP contribution in [0.5, 0.6) is 11.5 Å². The molecular weight excluding hydrogens is 296 g/mol. The summed E-state index contributed by atoms with van der Waals surface area (Å²) in [5.41, 5.74) is 3.19. The van der Waals surface area contributed by atoms with E-state index < -0.39 is 0 Å². The van der Waals surface area contributed by atoms with Crippen LogP contribution in [0, 0.1) is 10.8 Å². The van der Waals surface area contributed by atoms with Crippen LogP contribution in [0.3, 0.4) is 0 Å². The monoisotopic (exact) mass is 332 g/mol. The van der Waals surface area contributed by atoms with E-state index in [1.54, 1.807) is 0 Å². The van der Waals surface area contributed by atoms with Gasteiger partial charge in [-0.05, 0) is 79.4 Å². The van der Waals surface area contributed by atoms with E-state index in [1.807, 2.05) is 6.07 Å². The third kappa shape index (κ3) is 6.37. The van der Waals surface area contributed by atoms with E-state index in [4.69, 9.17) is 0 Å². The Morgan fingerprint density at radius 2 is 1.62 bits per heavy atom. The Kier molecular flexibility index (Phi) is 6.22. The van der Waals surface area contributed by atoms with E-state index in [0.717, 1.165) is 36.8 Å². The van der Waals surface area contributed by atoms with Crippen LogP contribution < -0.4 is 0 Å². The highest BCUT2D eigenvalue weighted by Gasteiger charge is 2.35. The standard InChI is InChI=1S/C22H36O2/c1-21(2,3)11-7-5-9-17-15-18(23)16-20(24)19(17)10-6-8-12-22(4)13-14-22/h15-16,23-24H,5-14H2,1-4H3. The minimum atomic E-state index is 0.188. The molecule has 136 valence electrons. The predicted molar refractivity (Wildman–Crippen MR) is 102 cm³/mol. The Bertz CT molecular complexity index is 536. The Labute approximate surface area is 148 Å². The van der Waals surface area contributed by atoms with E-state index in [2.05, 4.69) is 27.7 Å². The van der Waals surface area contributed by atoms with Gasteiger partial charge in [-0.2, -0.15) is 0 Å². The fraction of sp³-hybridized carbons (Fsp3) is 0.727. The van der Waals surface area contributed by atoms with Crippen LogP contribution in [0.2, 0.25) is 0 Å². The van der Waals surface area contributed by atoms with Gasteiger partial charge in [-0.1, -0.05) is 40.5 Å². The number of benzene rings is 1. The summed E-state index contributed by atoms with van der Waals surface area (Å²) in [7, 11) is 0. The lowest BCUT2D eigenvalue weighted by atomic mass is 9.88. The zero-order valence-corrected chi connectivity index (χ0v) is 16.1. The van der Waals surface area contributed by atoms with Crippen LogP contribution in [-0.2, 0) is 12.8 Å². The molecule has 0 heterocycles. The Morgan fingerprint density at radius 1 is 0.958 bits per heavy atom. The van der Waals surface area contributed by atoms with Gasteiger partial charge < -0.3 is 10.2 Å². The molecule has 0 saturated heterocycles. The normalized spacial score (nSPS) is 16.3. The third-order valence-electron chi connectivity index (χ3n) is 5.49. The summed E-state index contributed by atoms with van der Waals surface area (Å²) >= 11 is 0. The maximum Gasteiger partial charge on any atom is 0.122 e. The first-order valence-corrected chi connectivity index (χ1v) is 9.72. The van der Waals surface area contributed by atoms with Gasteiger partial charge in [-0.25, -0.2) is 0 Å². The van der Waals surface area contributed by atoms with Crippen molar-refractivity contribution in [2.45, 2.75) is 91.9 Å². The van der Waals surface area contributed by atoms with Gasteiger partial charge in [-0.15, -0.1) is 0 Å². The molecule has 2 rings (SSSR count). The van der Waals surface area contributed by atoms with Gasteiger partial charge in [0, 0.05) is 6.07 Å². The molecule has 24 heavy (non-hydrogen) atoms. The predicted octanol–water partition coefficient (Wildman–Crippen LogP) is 6.37. The molecule has 0 atom stereocenters. The van der Waals surface area contributed by atoms with Crippen molar-refractivity contribution in [2.24, 2.45) is 10.8 Å². The zero-order chi connectivity index (χ0) is 17.8. The maximum atomic E-state index is 10.3. The van der Waals surface area contributed by atoms with Gasteiger partial charge in [0.05, 0.1) is 0 Å². The SMILES string of the molecule is CC(C)(C)CCCCc1cc(O)cc(O)c1CCCCC1(C)CC1. The van der Waals surface area contributed by atoms with Crippen LogP contribution in [0.4, 0.5) is 0 Å². The molecule has 1 aromatic carbocycles. The molecule has 0 aliphatic heterocycles. The average molecular weight is 333 g/mol. The molecule has 1 fully saturated rings. The molecule has 0 amide bonds. The number of phenolic OH excluding ortho intramolecular Hbond substituents is 2. The van der Waals surface area contributed by atoms with Gasteiger partial charge >= 0.3 is 0 Å². The van der Waals surface area contributed by atoms with Crippen molar-refractivity contribution >= 4 is 0 Å². The number of aromatic hydroxyl groups is 2. The zero-order valence-electron chi connectivity index (χ0n) is 16.1. The molecule has 2 N–H and O–H groups in total. The fourth-order valence-corrected chi connectivity index (χ4v) is 3.50. The number of hydrogen-bond donors (Lipinski definition) is 2. The summed E-state index contributed by atoms with van der Waals surface area (Å²) in [6, 6.07) is 3.35. The lowest BCUT2D eigenvalue weighted by Gasteiger charge is -2.18. The van der Waals surface area contributed by atoms with Gasteiger partial charge in [0.1, 0.15) is 11.5 Å². The second kappa shape index (κ2) is 7.80. The molecule has 0 radical (unpaired) electrons. The second-order valence-corrected chi connectivity index (χ2v) is 9.39. The van der Waals surface area contributed by atoms with Crippen molar-refractivity contribution in [3.8, 4) is 11.5 Å². The Hall–Kier alpha value is -1.18. The minimum Gasteiger partial charge on any atom is -0.508 e. The number of hydrogen-bond acceptors (Lipinski definition) is 2. The number of rotatable bonds is 9. The highest BCUT2D eigenvalue weighted by Crippen LogP contribution is 2.49. The van der Waals surface area contributed by atoms with Crippen molar-refractivity contribution < 1.29 is 10.2 Å². The van der Waals surface area contributed by atoms with Crippen molar-refractivity contribution in [1.29, 1.82) is 0 Å². The molecule has 0 spiro atoms. The Morgan fingerprint density at radius 3 is 2.25 bits per heavy atom. The Balaban J connectivity index is 1.87. The molecule has 1 saturated carbocycles. The minimum absolute atomic E-state index is 0.188. The smallest absolute Gasteiger partial charge is 0.122 e. The molecule has 1 aliphatic carbocycles. The largest absolute Gasteiger partial charge is 0.508 e. The number of phenols is 2. The molecule has 0 aromatic heterocycles. The van der Waals surface area contributed by atoms with Crippen LogP contribution in [-0.4, -0.2) is 10.2 Å². The second-order valence-electron chi connectivity index (χ2n) is 9.39. The van der Waals surface area contributed by atoms with Gasteiger partial charge in [0.25, 0.3) is 0 Å². The maximum absolute atomic E-state index is 10.3. The van der Waals surface area contributed by atoms with E-state index in [0.29, 0.717) is 10.8 Å². The van der Waals surface area contributed by atoms with Crippen LogP contribution in [0.25, 0.3) is 0 Å². The van der Waals surface area contributed by atoms with Crippen molar-refractivity contribution in [2.75, 3.05) is 0 Å². The topological polar surface area (TPSA) is 40.5 Å². The molecule has 2 heteroatoms. The first kappa shape index (κ1) is 19.1. The molecule has 1 aliphatic rings. The van der Waals surface area contributed by atoms with Gasteiger partial charge in [0.2, 0.25) is 0 Å². The quantitative estimate of drug-likeness (QED) is 0.516. The van der Waals surface area contributed by atoms with Gasteiger partial charge in [-0.3, -0.25) is 0 Å². The first-order chi connectivity index (χ1) is 11.2. The summed E-state index contributed by atoms with van der Waals surface area (Å²) in [5.74, 6) is 0.464. The summed E-state index contributed by atoms with van der Waals surface area (Å²) in [5, 5.41) is 20.1. The fourth-order valence-electron chi connectivity index (χ4n) is 3.50. The van der Waals surface area contributed by atoms with E-state index in [1.165, 1.54) is 44.6 Å². The molecule has 0 bridgehead atoms. The average Bonchev–Trinajstić information content (AvgIpc) is 3.18. The summed E-state index contributed by atoms with van der Waals surface area (Å²) in [6.07, 6.45) is 11.8. The van der Waals surface area contributed by atoms with Crippen molar-refractivity contribution in [3.63, 3.8) is 0 Å². The summed E-state index contributed by atoms with van der Waals surface area (Å²) in [4.78, 5) is 0. The van der Waals surface area contributed by atoms with Crippen LogP contribution in [0.15, 0.2) is 12.1 Å². The van der Waals surface area contributed by atoms with E-state index in [-0.39, 0.29) is 11.5 Å². The van der Waals surface area contributed by atoms with E-state index >= 15 is 0 Å². The number of aryl methyl sites for hydroxylation is 1. The summed E-state index contributed by atoms with van der Waals surface area (Å²) < 4.78 is 0. The highest BCUT2D eigenvalue weighted by atomic mass is 16.3. The molecule has 0 unspecified atom stereocenters. The van der Waals surface area contributed by atoms with Crippen molar-refractivity contribution in [1.82, 2.24) is 0 Å². The summed E-state index contributed by atoms with van der Waals surface area (Å²) in [6.45, 7) is 9.21.